The van der Waals surface area contributed by atoms with E-state index in [2.05, 4.69) is 28.6 Å². The number of thiol groups is 1. The molecule has 0 spiro atoms. The molecule has 0 saturated carbocycles. The highest BCUT2D eigenvalue weighted by Gasteiger charge is 2.57. The number of amides is 3. The highest BCUT2D eigenvalue weighted by molar-refractivity contribution is 7.99. The Kier molecular flexibility index (Phi) is 34.0. The van der Waals surface area contributed by atoms with Crippen LogP contribution in [-0.2, 0) is 129 Å². The largest absolute Gasteiger partial charge is 0.479 e. The fourth-order valence-corrected chi connectivity index (χ4v) is 11.8. The Bertz CT molecular complexity index is 2560. The molecule has 0 aromatic heterocycles. The molecule has 0 aromatic rings. The number of rotatable bonds is 37. The first-order valence-corrected chi connectivity index (χ1v) is 33.0. The molecular formula is C56H89N3O37S2. The number of nitrogens with one attached hydrogen (secondary N) is 3. The van der Waals surface area contributed by atoms with Gasteiger partial charge < -0.3 is 129 Å². The average molecular weight is 1460 g/mol. The number of ether oxygens (including phenoxy) is 13. The van der Waals surface area contributed by atoms with Crippen LogP contribution in [0.25, 0.3) is 0 Å². The van der Waals surface area contributed by atoms with Gasteiger partial charge in [-0.2, -0.15) is 24.4 Å². The van der Waals surface area contributed by atoms with Gasteiger partial charge >= 0.3 is 29.8 Å². The van der Waals surface area contributed by atoms with E-state index in [-0.39, 0.29) is 25.0 Å². The maximum atomic E-state index is 13.1. The Labute approximate surface area is 569 Å². The second-order valence-electron chi connectivity index (χ2n) is 23.1. The Morgan fingerprint density at radius 1 is 0.490 bits per heavy atom. The molecule has 0 bridgehead atoms. The maximum Gasteiger partial charge on any atom is 0.335 e. The van der Waals surface area contributed by atoms with Gasteiger partial charge in [0.1, 0.15) is 105 Å². The van der Waals surface area contributed by atoms with Crippen LogP contribution in [0.3, 0.4) is 0 Å². The molecule has 6 heterocycles. The van der Waals surface area contributed by atoms with Crippen molar-refractivity contribution in [1.82, 2.24) is 16.0 Å². The van der Waals surface area contributed by atoms with Gasteiger partial charge in [0.2, 0.25) is 30.3 Å². The predicted octanol–water partition coefficient (Wildman–Crippen LogP) is -6.19. The van der Waals surface area contributed by atoms with Gasteiger partial charge in [0.15, 0.2) is 37.2 Å². The summed E-state index contributed by atoms with van der Waals surface area (Å²) in [7, 11) is 1.18. The van der Waals surface area contributed by atoms with Crippen molar-refractivity contribution in [2.24, 2.45) is 0 Å². The molecule has 562 valence electrons. The van der Waals surface area contributed by atoms with E-state index in [1.54, 1.807) is 0 Å². The number of carbonyl (C=O) groups is 8. The lowest BCUT2D eigenvalue weighted by Crippen LogP contribution is -2.65. The summed E-state index contributed by atoms with van der Waals surface area (Å²) in [5.41, 5.74) is 0. The fourth-order valence-electron chi connectivity index (χ4n) is 11.0. The summed E-state index contributed by atoms with van der Waals surface area (Å²) in [6.07, 6.45) is -45.7. The number of carbonyl (C=O) groups excluding carboxylic acids is 5. The summed E-state index contributed by atoms with van der Waals surface area (Å²) in [5, 5.41) is 116. The van der Waals surface area contributed by atoms with Gasteiger partial charge in [-0.3, -0.25) is 24.0 Å². The molecule has 0 aliphatic carbocycles. The lowest BCUT2D eigenvalue weighted by Gasteiger charge is -2.46. The van der Waals surface area contributed by atoms with Gasteiger partial charge in [-0.25, -0.2) is 43.7 Å². The zero-order valence-corrected chi connectivity index (χ0v) is 55.8. The Balaban J connectivity index is 1.17. The van der Waals surface area contributed by atoms with Crippen molar-refractivity contribution >= 4 is 72.0 Å². The van der Waals surface area contributed by atoms with Crippen molar-refractivity contribution < 1.29 is 180 Å². The third-order valence-electron chi connectivity index (χ3n) is 15.8. The highest BCUT2D eigenvalue weighted by atomic mass is 32.2. The monoisotopic (exact) mass is 1460 g/mol. The number of hydrogen-bond donors (Lipinski definition) is 14. The van der Waals surface area contributed by atoms with Crippen LogP contribution in [0.15, 0.2) is 0 Å². The van der Waals surface area contributed by atoms with Crippen LogP contribution in [0.1, 0.15) is 66.7 Å². The van der Waals surface area contributed by atoms with E-state index in [0.29, 0.717) is 37.9 Å². The molecule has 6 rings (SSSR count). The number of carboxylic acid groups (broad SMARTS) is 3. The fraction of sp³-hybridized carbons (Fsp3) is 0.857. The number of thioether (sulfide) groups is 1. The van der Waals surface area contributed by atoms with Crippen molar-refractivity contribution in [1.29, 1.82) is 0 Å². The second kappa shape index (κ2) is 40.4. The first-order valence-electron chi connectivity index (χ1n) is 31.2. The molecule has 6 aliphatic heterocycles. The average Bonchev–Trinajstić information content (AvgIpc) is 0.796. The summed E-state index contributed by atoms with van der Waals surface area (Å²) in [6.45, 7) is 5.47. The lowest BCUT2D eigenvalue weighted by atomic mass is 9.94. The third-order valence-corrected chi connectivity index (χ3v) is 16.9. The van der Waals surface area contributed by atoms with E-state index in [1.165, 1.54) is 32.7 Å². The smallest absolute Gasteiger partial charge is 0.335 e. The van der Waals surface area contributed by atoms with Crippen molar-refractivity contribution in [3.63, 3.8) is 0 Å². The summed E-state index contributed by atoms with van der Waals surface area (Å²) in [4.78, 5) is 134. The number of aliphatic hydroxyl groups excluding tert-OH is 7. The van der Waals surface area contributed by atoms with Gasteiger partial charge in [0, 0.05) is 63.7 Å². The number of esters is 2. The standard InChI is InChI=1S/C56H89N3O37S2/c1-7-35(64)81-20-33-30(93-95-55-41(70)39(68)44(47(90-55)50(74)75)88-52-26(57-23(3)61)16-29(92-78-6)32(19-60)84-52)17-28(59-25(5)63)54(85-33)89-45-40(69)42(71)56(91-48(45)51(76)77)96-94-31-18-27(58-24(4)62)53(87-43-38(67)37(66)22(2)83-46(43)49(72)73)86-34(31)21-82-36(65)8-14-98-15-12-80-10-9-79-11-13-97/h22,26-34,37-48,52-56,60,66-71,97H,7-21H2,1-6H3,(H,57,61)(H,58,62)(H,59,63)(H,72,73)(H,74,75)(H,76,77)/t22?,26-,27-,28?,29-,30-,31-,32-,33-,34-,37?,38?,39?,40?,41?,42?,43+,44+,45+,46?,47?,48?,52-,53-,54-,55?,56?/m0/s1. The molecule has 42 heteroatoms. The van der Waals surface area contributed by atoms with Crippen LogP contribution in [-0.4, -0.2) is 335 Å². The number of hydrogen-bond acceptors (Lipinski definition) is 36. The van der Waals surface area contributed by atoms with Crippen LogP contribution < -0.4 is 16.0 Å². The second-order valence-corrected chi connectivity index (χ2v) is 24.8. The van der Waals surface area contributed by atoms with E-state index < -0.39 is 246 Å². The van der Waals surface area contributed by atoms with Crippen molar-refractivity contribution in [3.8, 4) is 0 Å². The van der Waals surface area contributed by atoms with Crippen LogP contribution in [0.5, 0.6) is 0 Å². The van der Waals surface area contributed by atoms with Gasteiger partial charge in [0.05, 0.1) is 70.8 Å². The molecule has 0 aromatic carbocycles. The Morgan fingerprint density at radius 3 is 1.29 bits per heavy atom. The highest BCUT2D eigenvalue weighted by Crippen LogP contribution is 2.36. The molecule has 13 unspecified atom stereocenters. The zero-order valence-electron chi connectivity index (χ0n) is 54.0. The van der Waals surface area contributed by atoms with E-state index in [4.69, 9.17) is 90.9 Å². The number of aliphatic hydroxyl groups is 7. The van der Waals surface area contributed by atoms with Crippen LogP contribution >= 0.6 is 24.4 Å². The van der Waals surface area contributed by atoms with Gasteiger partial charge in [-0.15, -0.1) is 0 Å². The van der Waals surface area contributed by atoms with E-state index in [0.717, 1.165) is 20.8 Å². The minimum atomic E-state index is -2.34. The lowest BCUT2D eigenvalue weighted by molar-refractivity contribution is -0.461. The maximum absolute atomic E-state index is 13.1. The van der Waals surface area contributed by atoms with Gasteiger partial charge in [0.25, 0.3) is 0 Å². The predicted molar refractivity (Wildman–Crippen MR) is 318 cm³/mol. The minimum absolute atomic E-state index is 0.126. The normalized spacial score (nSPS) is 37.4. The van der Waals surface area contributed by atoms with Crippen molar-refractivity contribution in [2.75, 3.05) is 70.6 Å². The van der Waals surface area contributed by atoms with Crippen LogP contribution in [0.2, 0.25) is 0 Å². The minimum Gasteiger partial charge on any atom is -0.479 e. The quantitative estimate of drug-likeness (QED) is 0.00905. The summed E-state index contributed by atoms with van der Waals surface area (Å²) < 4.78 is 74.1. The zero-order chi connectivity index (χ0) is 72.1. The van der Waals surface area contributed by atoms with Crippen molar-refractivity contribution in [3.05, 3.63) is 0 Å². The number of aliphatic carboxylic acids is 3. The third kappa shape index (κ3) is 23.5. The van der Waals surface area contributed by atoms with Gasteiger partial charge in [-0.1, -0.05) is 6.92 Å². The molecular weight excluding hydrogens is 1370 g/mol. The molecule has 3 amide bonds. The van der Waals surface area contributed by atoms with Gasteiger partial charge in [-0.05, 0) is 6.92 Å². The van der Waals surface area contributed by atoms with Crippen LogP contribution in [0.4, 0.5) is 0 Å². The molecule has 27 atom stereocenters. The van der Waals surface area contributed by atoms with Crippen molar-refractivity contribution in [2.45, 2.75) is 232 Å². The molecule has 40 nitrogen and oxygen atoms in total. The summed E-state index contributed by atoms with van der Waals surface area (Å²) >= 11 is 5.44. The molecule has 6 saturated heterocycles. The Morgan fingerprint density at radius 2 is 0.888 bits per heavy atom. The molecule has 6 aliphatic rings. The molecule has 6 fully saturated rings. The van der Waals surface area contributed by atoms with Crippen LogP contribution in [0, 0.1) is 0 Å². The summed E-state index contributed by atoms with van der Waals surface area (Å²) in [5.74, 6) is -7.58. The SMILES string of the molecule is CCC(=O)OC[C@@H]1O[C@@H](O[C@H]2C(C(=O)O)OC(OO[C@H]3C[C@H](NC(C)=O)[C@H](O[C@H]4C(C(=O)O)OC(C)C(O)C4O)O[C@H]3COC(=O)CCSCCOCCOCCS)C(O)C2O)C(NC(C)=O)C[C@@H]1OOC1OC(C(=O)O)[C@H](O[C@@H]2O[C@@H](CO)[C@@H](OOC)C[C@@H]2NC(C)=O)C(O)C1O. The van der Waals surface area contributed by atoms with E-state index in [1.807, 2.05) is 0 Å². The topological polar surface area (TPSA) is 550 Å². The first-order chi connectivity index (χ1) is 46.6. The van der Waals surface area contributed by atoms with E-state index in [9.17, 15) is 89.4 Å². The Hall–Kier alpha value is -4.50. The molecule has 98 heavy (non-hydrogen) atoms. The number of carboxylic acids is 3. The molecule has 13 N–H and O–H groups in total. The summed E-state index contributed by atoms with van der Waals surface area (Å²) in [6, 6.07) is -3.94. The first kappa shape index (κ1) is 82.5. The van der Waals surface area contributed by atoms with E-state index >= 15 is 0 Å². The molecule has 0 radical (unpaired) electrons.